The minimum absolute atomic E-state index is 0.691. The minimum Gasteiger partial charge on any atom is -0.278 e. The molecule has 1 aromatic carbocycles. The predicted molar refractivity (Wildman–Crippen MR) is 65.2 cm³/mol. The van der Waals surface area contributed by atoms with Crippen molar-refractivity contribution in [1.82, 2.24) is 4.99 Å². The topological polar surface area (TPSA) is 40.1 Å². The first-order valence-corrected chi connectivity index (χ1v) is 6.00. The van der Waals surface area contributed by atoms with E-state index in [0.717, 1.165) is 18.5 Å². The van der Waals surface area contributed by atoms with Crippen molar-refractivity contribution in [2.45, 2.75) is 19.3 Å². The molecule has 0 aromatic heterocycles. The monoisotopic (exact) mass is 216 g/mol. The molecule has 0 amide bonds. The second-order valence-electron chi connectivity index (χ2n) is 3.83. The summed E-state index contributed by atoms with van der Waals surface area (Å²) in [4.78, 5) is 5.79. The Morgan fingerprint density at radius 1 is 1.20 bits per heavy atom. The van der Waals surface area contributed by atoms with Gasteiger partial charge in [0.15, 0.2) is 5.70 Å². The summed E-state index contributed by atoms with van der Waals surface area (Å²) in [5.41, 5.74) is 9.57. The van der Waals surface area contributed by atoms with Gasteiger partial charge in [-0.05, 0) is 29.8 Å². The maximum absolute atomic E-state index is 5.77. The molecule has 0 unspecified atom stereocenters. The maximum atomic E-state index is 5.77. The fraction of sp³-hybridized carbons (Fsp3) is 0.250. The molecule has 3 rings (SSSR count). The maximum Gasteiger partial charge on any atom is 0.355 e. The molecule has 1 aromatic rings. The number of hydrogen-bond donors (Lipinski definition) is 1. The fourth-order valence-corrected chi connectivity index (χ4v) is 3.05. The van der Waals surface area contributed by atoms with Gasteiger partial charge in [0.05, 0.1) is 0 Å². The summed E-state index contributed by atoms with van der Waals surface area (Å²) in [5, 5.41) is 0.691. The third-order valence-corrected chi connectivity index (χ3v) is 3.78. The van der Waals surface area contributed by atoms with Crippen LogP contribution < -0.4 is 10.7 Å². The van der Waals surface area contributed by atoms with Crippen molar-refractivity contribution in [2.75, 3.05) is 0 Å². The van der Waals surface area contributed by atoms with E-state index in [-0.39, 0.29) is 0 Å². The average Bonchev–Trinajstić information content (AvgIpc) is 2.52. The Morgan fingerprint density at radius 2 is 2.07 bits per heavy atom. The van der Waals surface area contributed by atoms with Gasteiger partial charge in [-0.2, -0.15) is 0 Å². The van der Waals surface area contributed by atoms with Gasteiger partial charge in [-0.3, -0.25) is 5.73 Å². The third-order valence-electron chi connectivity index (χ3n) is 2.84. The van der Waals surface area contributed by atoms with Crippen LogP contribution in [0.1, 0.15) is 24.0 Å². The van der Waals surface area contributed by atoms with Crippen molar-refractivity contribution in [3.05, 3.63) is 40.3 Å². The molecule has 1 heterocycles. The number of fused-ring (bicyclic) bond motifs is 2. The molecule has 0 saturated heterocycles. The van der Waals surface area contributed by atoms with Crippen LogP contribution in [-0.4, -0.2) is 5.17 Å². The first-order valence-electron chi connectivity index (χ1n) is 5.18. The van der Waals surface area contributed by atoms with E-state index in [0.29, 0.717) is 5.17 Å². The lowest BCUT2D eigenvalue weighted by Crippen LogP contribution is -2.09. The van der Waals surface area contributed by atoms with Crippen molar-refractivity contribution < 1.29 is 0 Å². The van der Waals surface area contributed by atoms with E-state index in [9.17, 15) is 0 Å². The van der Waals surface area contributed by atoms with E-state index in [1.54, 1.807) is 11.8 Å². The number of nitrogens with two attached hydrogens (primary N) is 1. The van der Waals surface area contributed by atoms with Crippen molar-refractivity contribution in [2.24, 2.45) is 5.73 Å². The molecule has 1 radical (unpaired) electrons. The Morgan fingerprint density at radius 3 is 3.00 bits per heavy atom. The molecular formula is C12H12N2S+. The van der Waals surface area contributed by atoms with Crippen molar-refractivity contribution in [3.8, 4) is 0 Å². The number of allylic oxidation sites excluding steroid dienone is 1. The fourth-order valence-electron chi connectivity index (χ4n) is 2.16. The van der Waals surface area contributed by atoms with Crippen molar-refractivity contribution >= 4 is 22.6 Å². The first kappa shape index (κ1) is 9.04. The lowest BCUT2D eigenvalue weighted by molar-refractivity contribution is 0.846. The Kier molecular flexibility index (Phi) is 2.06. The van der Waals surface area contributed by atoms with Gasteiger partial charge in [-0.1, -0.05) is 24.3 Å². The number of thioether (sulfide) groups is 1. The highest BCUT2D eigenvalue weighted by atomic mass is 32.2. The number of benzene rings is 1. The summed E-state index contributed by atoms with van der Waals surface area (Å²) in [6.07, 6.45) is 3.46. The lowest BCUT2D eigenvalue weighted by atomic mass is 10.0. The standard InChI is InChI=1S/C12H12N2S/c13-12-14-11-9-6-2-1-4-8(9)5-3-7-10(11)15-12/h1-2,4,6H,3,5,7,13H2/q+1. The van der Waals surface area contributed by atoms with Crippen LogP contribution in [0.3, 0.4) is 0 Å². The summed E-state index contributed by atoms with van der Waals surface area (Å²) in [5.74, 6) is 0. The Bertz CT molecular complexity index is 474. The molecule has 0 spiro atoms. The van der Waals surface area contributed by atoms with Gasteiger partial charge in [0, 0.05) is 22.2 Å². The number of hydrogen-bond acceptors (Lipinski definition) is 3. The van der Waals surface area contributed by atoms with Gasteiger partial charge in [0.25, 0.3) is 0 Å². The summed E-state index contributed by atoms with van der Waals surface area (Å²) in [7, 11) is 0. The number of aryl methyl sites for hydroxylation is 1. The number of nitrogens with zero attached hydrogens (tertiary/aromatic N) is 1. The zero-order valence-corrected chi connectivity index (χ0v) is 9.18. The summed E-state index contributed by atoms with van der Waals surface area (Å²) in [6, 6.07) is 8.52. The molecule has 15 heavy (non-hydrogen) atoms. The highest BCUT2D eigenvalue weighted by Crippen LogP contribution is 2.37. The summed E-state index contributed by atoms with van der Waals surface area (Å²) >= 11 is 1.63. The Hall–Kier alpha value is -1.22. The second kappa shape index (κ2) is 3.42. The third kappa shape index (κ3) is 1.47. The Labute approximate surface area is 93.3 Å². The summed E-state index contributed by atoms with van der Waals surface area (Å²) in [6.45, 7) is 0. The lowest BCUT2D eigenvalue weighted by Gasteiger charge is -2.01. The Balaban J connectivity index is 2.18. The van der Waals surface area contributed by atoms with Gasteiger partial charge >= 0.3 is 5.17 Å². The van der Waals surface area contributed by atoms with Crippen molar-refractivity contribution in [1.29, 1.82) is 0 Å². The van der Waals surface area contributed by atoms with Crippen LogP contribution in [-0.2, 0) is 6.42 Å². The molecule has 3 heteroatoms. The number of aliphatic imine (C=N–C) groups is 1. The highest BCUT2D eigenvalue weighted by Gasteiger charge is 2.29. The number of amidine groups is 1. The molecule has 0 saturated carbocycles. The van der Waals surface area contributed by atoms with Gasteiger partial charge in [0.1, 0.15) is 0 Å². The second-order valence-corrected chi connectivity index (χ2v) is 4.95. The average molecular weight is 216 g/mol. The normalized spacial score (nSPS) is 19.3. The molecular weight excluding hydrogens is 204 g/mol. The van der Waals surface area contributed by atoms with E-state index in [2.05, 4.69) is 29.3 Å². The van der Waals surface area contributed by atoms with Crippen LogP contribution >= 0.6 is 11.8 Å². The van der Waals surface area contributed by atoms with E-state index >= 15 is 0 Å². The van der Waals surface area contributed by atoms with E-state index in [1.165, 1.54) is 22.5 Å². The van der Waals surface area contributed by atoms with Crippen LogP contribution in [0.5, 0.6) is 0 Å². The quantitative estimate of drug-likeness (QED) is 0.721. The zero-order valence-electron chi connectivity index (χ0n) is 8.36. The molecule has 1 aliphatic heterocycles. The van der Waals surface area contributed by atoms with Crippen LogP contribution in [0.25, 0.3) is 5.70 Å². The van der Waals surface area contributed by atoms with E-state index in [4.69, 9.17) is 5.73 Å². The summed E-state index contributed by atoms with van der Waals surface area (Å²) < 4.78 is 0. The largest absolute Gasteiger partial charge is 0.355 e. The molecule has 0 atom stereocenters. The molecule has 0 bridgehead atoms. The smallest absolute Gasteiger partial charge is 0.278 e. The SMILES string of the molecule is NC1=[N+]C2=C(CCCc3ccccc32)S1. The molecule has 1 aliphatic carbocycles. The molecule has 2 N–H and O–H groups in total. The van der Waals surface area contributed by atoms with E-state index < -0.39 is 0 Å². The minimum atomic E-state index is 0.691. The van der Waals surface area contributed by atoms with Crippen LogP contribution in [0, 0.1) is 0 Å². The van der Waals surface area contributed by atoms with E-state index in [1.807, 2.05) is 0 Å². The molecule has 2 aliphatic rings. The van der Waals surface area contributed by atoms with Crippen molar-refractivity contribution in [3.63, 3.8) is 0 Å². The van der Waals surface area contributed by atoms with Gasteiger partial charge in [-0.15, -0.1) is 0 Å². The molecule has 2 nitrogen and oxygen atoms in total. The van der Waals surface area contributed by atoms with Crippen LogP contribution in [0.2, 0.25) is 0 Å². The molecule has 75 valence electrons. The predicted octanol–water partition coefficient (Wildman–Crippen LogP) is 2.09. The molecule has 0 fully saturated rings. The van der Waals surface area contributed by atoms with Crippen LogP contribution in [0.4, 0.5) is 0 Å². The first-order chi connectivity index (χ1) is 7.34. The number of rotatable bonds is 0. The zero-order chi connectivity index (χ0) is 10.3. The van der Waals surface area contributed by atoms with Gasteiger partial charge in [0.2, 0.25) is 0 Å². The highest BCUT2D eigenvalue weighted by molar-refractivity contribution is 8.17. The van der Waals surface area contributed by atoms with Gasteiger partial charge in [-0.25, -0.2) is 0 Å². The van der Waals surface area contributed by atoms with Gasteiger partial charge < -0.3 is 0 Å². The van der Waals surface area contributed by atoms with Crippen LogP contribution in [0.15, 0.2) is 29.2 Å².